The van der Waals surface area contributed by atoms with Crippen molar-refractivity contribution in [1.82, 2.24) is 19.8 Å². The van der Waals surface area contributed by atoms with Crippen molar-refractivity contribution >= 4 is 30.5 Å². The highest BCUT2D eigenvalue weighted by atomic mass is 35.5. The predicted molar refractivity (Wildman–Crippen MR) is 115 cm³/mol. The highest BCUT2D eigenvalue weighted by molar-refractivity contribution is 6.32. The maximum absolute atomic E-state index is 12.8. The van der Waals surface area contributed by atoms with E-state index in [1.807, 2.05) is 19.0 Å². The lowest BCUT2D eigenvalue weighted by atomic mass is 10.1. The maximum Gasteiger partial charge on any atom is 0.290 e. The number of carboxylic acid groups (broad SMARTS) is 2. The van der Waals surface area contributed by atoms with Gasteiger partial charge in [-0.2, -0.15) is 0 Å². The highest BCUT2D eigenvalue weighted by Gasteiger charge is 2.28. The number of aromatic amines is 1. The van der Waals surface area contributed by atoms with Gasteiger partial charge in [0.25, 0.3) is 24.4 Å². The number of amides is 1. The molecular formula is C20H25ClN4O6. The molecule has 0 bridgehead atoms. The lowest BCUT2D eigenvalue weighted by Gasteiger charge is -2.20. The predicted octanol–water partition coefficient (Wildman–Crippen LogP) is 1.58. The molecule has 2 heterocycles. The Balaban J connectivity index is 0.000000720. The second-order valence-corrected chi connectivity index (χ2v) is 7.14. The van der Waals surface area contributed by atoms with Crippen LogP contribution in [0.3, 0.4) is 0 Å². The number of hydrogen-bond acceptors (Lipinski definition) is 6. The number of H-pyrrole nitrogens is 1. The number of carbonyl (C=O) groups is 3. The summed E-state index contributed by atoms with van der Waals surface area (Å²) in [6.07, 6.45) is 0.971. The Morgan fingerprint density at radius 2 is 1.90 bits per heavy atom. The summed E-state index contributed by atoms with van der Waals surface area (Å²) in [7, 11) is 4.06. The zero-order chi connectivity index (χ0) is 23.6. The minimum absolute atomic E-state index is 0.0103. The van der Waals surface area contributed by atoms with Gasteiger partial charge in [0.2, 0.25) is 0 Å². The van der Waals surface area contributed by atoms with E-state index < -0.39 is 0 Å². The number of hydrogen-bond donors (Lipinski definition) is 3. The Morgan fingerprint density at radius 3 is 2.45 bits per heavy atom. The smallest absolute Gasteiger partial charge is 0.290 e. The van der Waals surface area contributed by atoms with E-state index in [0.717, 1.165) is 19.5 Å². The monoisotopic (exact) mass is 452 g/mol. The van der Waals surface area contributed by atoms with Gasteiger partial charge in [-0.25, -0.2) is 4.98 Å². The van der Waals surface area contributed by atoms with E-state index in [1.54, 1.807) is 31.2 Å². The van der Waals surface area contributed by atoms with Gasteiger partial charge in [0, 0.05) is 30.3 Å². The summed E-state index contributed by atoms with van der Waals surface area (Å²) >= 11 is 6.11. The molecule has 1 fully saturated rings. The fraction of sp³-hybridized carbons (Fsp3) is 0.350. The largest absolute Gasteiger partial charge is 0.483 e. The summed E-state index contributed by atoms with van der Waals surface area (Å²) in [4.78, 5) is 52.3. The molecule has 1 aliphatic rings. The van der Waals surface area contributed by atoms with Gasteiger partial charge < -0.3 is 25.0 Å². The van der Waals surface area contributed by atoms with E-state index in [2.05, 4.69) is 14.9 Å². The van der Waals surface area contributed by atoms with Crippen LogP contribution in [0.5, 0.6) is 0 Å². The first-order valence-corrected chi connectivity index (χ1v) is 9.56. The Hall–Kier alpha value is -3.24. The average molecular weight is 453 g/mol. The molecular weight excluding hydrogens is 428 g/mol. The number of aromatic nitrogens is 2. The molecule has 3 rings (SSSR count). The second-order valence-electron chi connectivity index (χ2n) is 6.76. The molecule has 1 atom stereocenters. The topological polar surface area (TPSA) is 144 Å². The van der Waals surface area contributed by atoms with Gasteiger partial charge in [0.05, 0.1) is 5.69 Å². The van der Waals surface area contributed by atoms with Crippen LogP contribution in [0.25, 0.3) is 11.3 Å². The summed E-state index contributed by atoms with van der Waals surface area (Å²) in [6.45, 7) is 2.66. The summed E-state index contributed by atoms with van der Waals surface area (Å²) in [5.41, 5.74) is 1.25. The van der Waals surface area contributed by atoms with Gasteiger partial charge in [0.1, 0.15) is 10.8 Å². The molecule has 3 N–H and O–H groups in total. The third-order valence-corrected chi connectivity index (χ3v) is 4.90. The fourth-order valence-electron chi connectivity index (χ4n) is 3.09. The Labute approximate surface area is 184 Å². The molecule has 1 saturated heterocycles. The molecule has 11 heteroatoms. The average Bonchev–Trinajstić information content (AvgIpc) is 3.22. The van der Waals surface area contributed by atoms with Crippen molar-refractivity contribution in [2.75, 3.05) is 27.2 Å². The van der Waals surface area contributed by atoms with Crippen LogP contribution in [0.2, 0.25) is 5.02 Å². The summed E-state index contributed by atoms with van der Waals surface area (Å²) in [5.74, 6) is 0.471. The lowest BCUT2D eigenvalue weighted by molar-refractivity contribution is -0.123. The molecule has 2 aromatic rings. The van der Waals surface area contributed by atoms with E-state index in [1.165, 1.54) is 0 Å². The number of carbonyl (C=O) groups excluding carboxylic acids is 1. The summed E-state index contributed by atoms with van der Waals surface area (Å²) < 4.78 is 0. The first-order chi connectivity index (χ1) is 14.7. The number of likely N-dealkylation sites (N-methyl/N-ethyl adjacent to an activating group) is 1. The van der Waals surface area contributed by atoms with Crippen molar-refractivity contribution in [1.29, 1.82) is 0 Å². The molecule has 0 radical (unpaired) electrons. The normalized spacial score (nSPS) is 14.7. The fourth-order valence-corrected chi connectivity index (χ4v) is 3.29. The van der Waals surface area contributed by atoms with Crippen LogP contribution in [0.15, 0.2) is 29.1 Å². The second kappa shape index (κ2) is 12.5. The first kappa shape index (κ1) is 25.8. The number of benzene rings is 1. The number of nitrogens with zero attached hydrogens (tertiary/aromatic N) is 3. The van der Waals surface area contributed by atoms with E-state index in [4.69, 9.17) is 31.4 Å². The Bertz CT molecular complexity index is 957. The van der Waals surface area contributed by atoms with Crippen molar-refractivity contribution < 1.29 is 24.6 Å². The number of aryl methyl sites for hydroxylation is 1. The van der Waals surface area contributed by atoms with Crippen LogP contribution in [-0.4, -0.2) is 82.1 Å². The van der Waals surface area contributed by atoms with E-state index in [0.29, 0.717) is 28.7 Å². The molecule has 10 nitrogen and oxygen atoms in total. The third-order valence-electron chi connectivity index (χ3n) is 4.55. The van der Waals surface area contributed by atoms with Gasteiger partial charge in [-0.3, -0.25) is 19.2 Å². The van der Waals surface area contributed by atoms with E-state index in [-0.39, 0.29) is 29.4 Å². The summed E-state index contributed by atoms with van der Waals surface area (Å²) in [5, 5.41) is 13.8. The lowest BCUT2D eigenvalue weighted by Crippen LogP contribution is -2.34. The van der Waals surface area contributed by atoms with Gasteiger partial charge in [0.15, 0.2) is 0 Å². The van der Waals surface area contributed by atoms with Crippen molar-refractivity contribution in [2.45, 2.75) is 19.4 Å². The molecule has 0 aliphatic carbocycles. The van der Waals surface area contributed by atoms with Crippen molar-refractivity contribution in [3.63, 3.8) is 0 Å². The van der Waals surface area contributed by atoms with Gasteiger partial charge in [-0.05, 0) is 39.6 Å². The quantitative estimate of drug-likeness (QED) is 0.595. The van der Waals surface area contributed by atoms with Crippen molar-refractivity contribution in [3.05, 3.63) is 51.0 Å². The molecule has 0 spiro atoms. The molecule has 1 aliphatic heterocycles. The number of likely N-dealkylation sites (tertiary alicyclic amines) is 1. The molecule has 1 aromatic carbocycles. The number of rotatable bonds is 3. The maximum atomic E-state index is 12.8. The molecule has 1 unspecified atom stereocenters. The third kappa shape index (κ3) is 7.19. The van der Waals surface area contributed by atoms with Crippen LogP contribution in [-0.2, 0) is 9.59 Å². The van der Waals surface area contributed by atoms with E-state index in [9.17, 15) is 9.59 Å². The molecule has 0 saturated carbocycles. The highest BCUT2D eigenvalue weighted by Crippen LogP contribution is 2.25. The van der Waals surface area contributed by atoms with Gasteiger partial charge >= 0.3 is 0 Å². The number of nitrogens with one attached hydrogen (secondary N) is 1. The van der Waals surface area contributed by atoms with Crippen LogP contribution in [0.1, 0.15) is 22.6 Å². The molecule has 1 amide bonds. The van der Waals surface area contributed by atoms with Crippen LogP contribution >= 0.6 is 11.6 Å². The summed E-state index contributed by atoms with van der Waals surface area (Å²) in [6, 6.07) is 7.51. The minimum Gasteiger partial charge on any atom is -0.483 e. The zero-order valence-electron chi connectivity index (χ0n) is 17.4. The standard InChI is InChI=1S/C18H21ClN4O2.2CH2O2/c1-11-20-16(15(19)17(24)21-11)12-5-4-6-13(9-12)18(25)23-8-7-14(10-23)22(2)3;2*2-1-3/h4-6,9,14H,7-8,10H2,1-3H3,(H,20,21,24);2*1H,(H,2,3). The zero-order valence-corrected chi connectivity index (χ0v) is 18.2. The van der Waals surface area contributed by atoms with Crippen LogP contribution < -0.4 is 5.56 Å². The minimum atomic E-state index is -0.380. The van der Waals surface area contributed by atoms with Gasteiger partial charge in [-0.1, -0.05) is 23.7 Å². The van der Waals surface area contributed by atoms with Crippen LogP contribution in [0, 0.1) is 6.92 Å². The van der Waals surface area contributed by atoms with Gasteiger partial charge in [-0.15, -0.1) is 0 Å². The first-order valence-electron chi connectivity index (χ1n) is 9.18. The molecule has 1 aromatic heterocycles. The van der Waals surface area contributed by atoms with Crippen LogP contribution in [0.4, 0.5) is 0 Å². The van der Waals surface area contributed by atoms with E-state index >= 15 is 0 Å². The Kier molecular flexibility index (Phi) is 10.4. The number of halogens is 1. The molecule has 31 heavy (non-hydrogen) atoms. The molecule has 168 valence electrons. The van der Waals surface area contributed by atoms with Crippen molar-refractivity contribution in [2.24, 2.45) is 0 Å². The SMILES string of the molecule is Cc1nc(-c2cccc(C(=O)N3CCC(N(C)C)C3)c2)c(Cl)c(=O)[nH]1.O=CO.O=CO. The van der Waals surface area contributed by atoms with Crippen molar-refractivity contribution in [3.8, 4) is 11.3 Å². The Morgan fingerprint density at radius 1 is 1.29 bits per heavy atom.